The van der Waals surface area contributed by atoms with Crippen molar-refractivity contribution in [1.29, 1.82) is 0 Å². The fraction of sp³-hybridized carbons (Fsp3) is 0.429. The van der Waals surface area contributed by atoms with Crippen LogP contribution >= 0.6 is 23.3 Å². The summed E-state index contributed by atoms with van der Waals surface area (Å²) in [5.74, 6) is -2.84. The summed E-state index contributed by atoms with van der Waals surface area (Å²) >= 11 is 2.00. The van der Waals surface area contributed by atoms with Crippen LogP contribution in [-0.2, 0) is 19.2 Å². The molecule has 2 atom stereocenters. The Bertz CT molecular complexity index is 905. The van der Waals surface area contributed by atoms with Crippen molar-refractivity contribution < 1.29 is 33.8 Å². The van der Waals surface area contributed by atoms with Crippen LogP contribution in [0.5, 0.6) is 0 Å². The van der Waals surface area contributed by atoms with E-state index in [0.717, 1.165) is 16.4 Å². The molecule has 1 fully saturated rings. The van der Waals surface area contributed by atoms with Crippen molar-refractivity contribution in [3.63, 3.8) is 0 Å². The molecule has 0 unspecified atom stereocenters. The predicted molar refractivity (Wildman–Crippen MR) is 99.6 cm³/mol. The van der Waals surface area contributed by atoms with Crippen molar-refractivity contribution in [2.45, 2.75) is 11.4 Å². The number of alkyl halides is 1. The van der Waals surface area contributed by atoms with Crippen LogP contribution in [0.15, 0.2) is 16.4 Å². The number of carboxylic acids is 1. The van der Waals surface area contributed by atoms with Crippen LogP contribution in [0.25, 0.3) is 0 Å². The highest BCUT2D eigenvalue weighted by molar-refractivity contribution is 8.00. The molecule has 0 bridgehead atoms. The van der Waals surface area contributed by atoms with Gasteiger partial charge in [-0.3, -0.25) is 14.5 Å². The summed E-state index contributed by atoms with van der Waals surface area (Å²) in [6.07, 6.45) is 0. The van der Waals surface area contributed by atoms with E-state index in [1.807, 2.05) is 0 Å². The molecule has 1 aromatic heterocycles. The average molecular weight is 446 g/mol. The standard InChI is InChI=1S/C14H15FN6O6S2/c15-1-2-27-19-6(9-18-14(16)29-20-9)10(23)17-7-11(24)21-8(13(25)26)5(3-22)4-28-12(7)21/h7,12,22H,1-4H2,(H,17,23)(H,25,26)(H2,16,18,20)/b19-6-/t7-,12-/m1/s1. The number of nitrogens with one attached hydrogen (secondary N) is 1. The van der Waals surface area contributed by atoms with Gasteiger partial charge >= 0.3 is 5.97 Å². The highest BCUT2D eigenvalue weighted by atomic mass is 32.2. The Labute approximate surface area is 170 Å². The minimum atomic E-state index is -1.35. The summed E-state index contributed by atoms with van der Waals surface area (Å²) in [5.41, 5.74) is 5.02. The minimum Gasteiger partial charge on any atom is -0.477 e. The average Bonchev–Trinajstić information content (AvgIpc) is 3.13. The SMILES string of the molecule is Nc1nc(/C(=N/OCCF)C(=O)N[C@@H]2C(=O)N3C(C(=O)O)=C(CO)CS[C@H]23)ns1. The van der Waals surface area contributed by atoms with E-state index in [1.54, 1.807) is 0 Å². The van der Waals surface area contributed by atoms with Crippen molar-refractivity contribution in [1.82, 2.24) is 19.6 Å². The summed E-state index contributed by atoms with van der Waals surface area (Å²) in [4.78, 5) is 46.1. The number of aliphatic hydroxyl groups excluding tert-OH is 1. The van der Waals surface area contributed by atoms with Gasteiger partial charge in [-0.2, -0.15) is 9.36 Å². The Kier molecular flexibility index (Phi) is 6.29. The Morgan fingerprint density at radius 2 is 2.24 bits per heavy atom. The highest BCUT2D eigenvalue weighted by Gasteiger charge is 2.54. The molecule has 12 nitrogen and oxygen atoms in total. The second-order valence-electron chi connectivity index (χ2n) is 5.69. The van der Waals surface area contributed by atoms with Crippen LogP contribution in [0.1, 0.15) is 5.82 Å². The number of hydrogen-bond acceptors (Lipinski definition) is 11. The number of nitrogen functional groups attached to an aromatic ring is 1. The smallest absolute Gasteiger partial charge is 0.352 e. The molecule has 1 aromatic rings. The Hall–Kier alpha value is -2.78. The predicted octanol–water partition coefficient (Wildman–Crippen LogP) is -1.46. The third-order valence-corrected chi connectivity index (χ3v) is 5.80. The lowest BCUT2D eigenvalue weighted by molar-refractivity contribution is -0.150. The first-order valence-corrected chi connectivity index (χ1v) is 9.88. The van der Waals surface area contributed by atoms with Crippen LogP contribution in [0.3, 0.4) is 0 Å². The molecule has 3 heterocycles. The first kappa shape index (κ1) is 20.9. The number of thioether (sulfide) groups is 1. The van der Waals surface area contributed by atoms with Crippen molar-refractivity contribution >= 4 is 51.9 Å². The van der Waals surface area contributed by atoms with Gasteiger partial charge in [-0.1, -0.05) is 5.16 Å². The number of anilines is 1. The van der Waals surface area contributed by atoms with Crippen LogP contribution < -0.4 is 11.1 Å². The number of fused-ring (bicyclic) bond motifs is 1. The monoisotopic (exact) mass is 446 g/mol. The maximum absolute atomic E-state index is 12.6. The van der Waals surface area contributed by atoms with Crippen LogP contribution in [-0.4, -0.2) is 85.0 Å². The van der Waals surface area contributed by atoms with E-state index in [1.165, 1.54) is 11.8 Å². The van der Waals surface area contributed by atoms with Crippen molar-refractivity contribution in [3.05, 3.63) is 17.1 Å². The second kappa shape index (κ2) is 8.71. The van der Waals surface area contributed by atoms with Gasteiger partial charge in [0.2, 0.25) is 11.5 Å². The number of carbonyl (C=O) groups is 3. The fourth-order valence-electron chi connectivity index (χ4n) is 2.67. The Morgan fingerprint density at radius 3 is 2.83 bits per heavy atom. The molecule has 2 aliphatic heterocycles. The normalized spacial score (nSPS) is 21.5. The first-order valence-electron chi connectivity index (χ1n) is 8.06. The van der Waals surface area contributed by atoms with Gasteiger partial charge in [-0.25, -0.2) is 9.18 Å². The van der Waals surface area contributed by atoms with E-state index in [0.29, 0.717) is 0 Å². The minimum absolute atomic E-state index is 0.0625. The molecule has 0 aliphatic carbocycles. The largest absolute Gasteiger partial charge is 0.477 e. The lowest BCUT2D eigenvalue weighted by atomic mass is 10.0. The lowest BCUT2D eigenvalue weighted by Crippen LogP contribution is -2.71. The molecule has 1 saturated heterocycles. The van der Waals surface area contributed by atoms with E-state index in [9.17, 15) is 29.0 Å². The van der Waals surface area contributed by atoms with Gasteiger partial charge in [0, 0.05) is 17.3 Å². The molecular formula is C14H15FN6O6S2. The van der Waals surface area contributed by atoms with Crippen molar-refractivity contribution in [2.24, 2.45) is 5.16 Å². The number of carboxylic acid groups (broad SMARTS) is 1. The van der Waals surface area contributed by atoms with Gasteiger partial charge in [-0.15, -0.1) is 11.8 Å². The maximum Gasteiger partial charge on any atom is 0.352 e. The lowest BCUT2D eigenvalue weighted by Gasteiger charge is -2.49. The number of carbonyl (C=O) groups excluding carboxylic acids is 2. The van der Waals surface area contributed by atoms with Gasteiger partial charge in [0.1, 0.15) is 30.4 Å². The number of rotatable bonds is 8. The van der Waals surface area contributed by atoms with Crippen LogP contribution in [0, 0.1) is 0 Å². The molecule has 15 heteroatoms. The van der Waals surface area contributed by atoms with E-state index >= 15 is 0 Å². The van der Waals surface area contributed by atoms with E-state index in [2.05, 4.69) is 19.8 Å². The van der Waals surface area contributed by atoms with Crippen molar-refractivity contribution in [2.75, 3.05) is 31.4 Å². The third-order valence-electron chi connectivity index (χ3n) is 3.92. The zero-order chi connectivity index (χ0) is 21.1. The number of nitrogens with two attached hydrogens (primary N) is 1. The molecule has 3 rings (SSSR count). The molecule has 5 N–H and O–H groups in total. The molecular weight excluding hydrogens is 431 g/mol. The molecule has 29 heavy (non-hydrogen) atoms. The van der Waals surface area contributed by atoms with Crippen molar-refractivity contribution in [3.8, 4) is 0 Å². The van der Waals surface area contributed by atoms with Gasteiger partial charge in [-0.05, 0) is 5.57 Å². The van der Waals surface area contributed by atoms with E-state index < -0.39 is 54.8 Å². The number of aliphatic hydroxyl groups is 1. The summed E-state index contributed by atoms with van der Waals surface area (Å²) in [6.45, 7) is -1.74. The molecule has 0 saturated carbocycles. The summed E-state index contributed by atoms with van der Waals surface area (Å²) < 4.78 is 16.1. The highest BCUT2D eigenvalue weighted by Crippen LogP contribution is 2.40. The number of β-lactam (4-membered cyclic amide) rings is 1. The number of halogens is 1. The molecule has 2 aliphatic rings. The number of aliphatic carboxylic acids is 1. The Morgan fingerprint density at radius 1 is 1.48 bits per heavy atom. The molecule has 0 radical (unpaired) electrons. The fourth-order valence-corrected chi connectivity index (χ4v) is 4.44. The zero-order valence-corrected chi connectivity index (χ0v) is 16.2. The maximum atomic E-state index is 12.6. The summed E-state index contributed by atoms with van der Waals surface area (Å²) in [5, 5.41) is 24.0. The van der Waals surface area contributed by atoms with E-state index in [4.69, 9.17) is 10.6 Å². The van der Waals surface area contributed by atoms with Crippen LogP contribution in [0.2, 0.25) is 0 Å². The zero-order valence-electron chi connectivity index (χ0n) is 14.6. The van der Waals surface area contributed by atoms with Crippen LogP contribution in [0.4, 0.5) is 9.52 Å². The van der Waals surface area contributed by atoms with Gasteiger partial charge < -0.3 is 26.1 Å². The number of amides is 2. The summed E-state index contributed by atoms with van der Waals surface area (Å²) in [7, 11) is 0. The number of aromatic nitrogens is 2. The molecule has 0 spiro atoms. The van der Waals surface area contributed by atoms with Gasteiger partial charge in [0.25, 0.3) is 11.8 Å². The first-order chi connectivity index (χ1) is 13.9. The summed E-state index contributed by atoms with van der Waals surface area (Å²) in [6, 6.07) is -1.04. The molecule has 2 amide bonds. The van der Waals surface area contributed by atoms with Gasteiger partial charge in [0.15, 0.2) is 5.13 Å². The van der Waals surface area contributed by atoms with Gasteiger partial charge in [0.05, 0.1) is 6.61 Å². The number of oxime groups is 1. The molecule has 0 aromatic carbocycles. The van der Waals surface area contributed by atoms with E-state index in [-0.39, 0.29) is 28.0 Å². The second-order valence-corrected chi connectivity index (χ2v) is 7.58. The Balaban J connectivity index is 1.78. The topological polar surface area (TPSA) is 180 Å². The quantitative estimate of drug-likeness (QED) is 0.159. The molecule has 156 valence electrons. The number of nitrogens with zero attached hydrogens (tertiary/aromatic N) is 4. The number of hydrogen-bond donors (Lipinski definition) is 4. The third kappa shape index (κ3) is 4.01.